The highest BCUT2D eigenvalue weighted by atomic mass is 35.5. The second-order valence-corrected chi connectivity index (χ2v) is 5.87. The molecule has 1 atom stereocenters. The first-order valence-corrected chi connectivity index (χ1v) is 7.84. The largest absolute Gasteiger partial charge is 0.488 e. The predicted molar refractivity (Wildman–Crippen MR) is 83.6 cm³/mol. The molecular weight excluding hydrogens is 323 g/mol. The number of benzene rings is 1. The number of nitrogens with zero attached hydrogens (tertiary/aromatic N) is 1. The van der Waals surface area contributed by atoms with Gasteiger partial charge in [0, 0.05) is 12.2 Å². The zero-order valence-corrected chi connectivity index (χ0v) is 13.1. The molecule has 1 fully saturated rings. The fraction of sp³-hybridized carbons (Fsp3) is 0.375. The van der Waals surface area contributed by atoms with Crippen molar-refractivity contribution in [2.45, 2.75) is 25.3 Å². The van der Waals surface area contributed by atoms with Crippen molar-refractivity contribution >= 4 is 29.1 Å². The van der Waals surface area contributed by atoms with E-state index in [1.807, 2.05) is 0 Å². The molecule has 0 spiro atoms. The average molecular weight is 339 g/mol. The number of carbonyl (C=O) groups excluding carboxylic acids is 2. The molecule has 7 heteroatoms. The molecule has 1 saturated heterocycles. The third kappa shape index (κ3) is 3.32. The summed E-state index contributed by atoms with van der Waals surface area (Å²) in [5, 5.41) is 2.69. The Labute approximate surface area is 138 Å². The van der Waals surface area contributed by atoms with E-state index in [-0.39, 0.29) is 22.6 Å². The smallest absolute Gasteiger partial charge is 0.286 e. The lowest BCUT2D eigenvalue weighted by atomic mass is 10.2. The molecule has 0 saturated carbocycles. The van der Waals surface area contributed by atoms with Crippen LogP contribution in [0.15, 0.2) is 30.0 Å². The van der Waals surface area contributed by atoms with Crippen molar-refractivity contribution in [1.82, 2.24) is 5.32 Å². The van der Waals surface area contributed by atoms with Gasteiger partial charge in [0.25, 0.3) is 5.91 Å². The number of hydrogen-bond donors (Lipinski definition) is 1. The fourth-order valence-corrected chi connectivity index (χ4v) is 2.79. The van der Waals surface area contributed by atoms with Crippen molar-refractivity contribution in [2.24, 2.45) is 0 Å². The van der Waals surface area contributed by atoms with E-state index in [2.05, 4.69) is 5.32 Å². The number of amides is 2. The van der Waals surface area contributed by atoms with Gasteiger partial charge in [-0.25, -0.2) is 4.39 Å². The molecule has 1 aromatic rings. The van der Waals surface area contributed by atoms with Crippen LogP contribution >= 0.6 is 11.6 Å². The Morgan fingerprint density at radius 1 is 1.43 bits per heavy atom. The van der Waals surface area contributed by atoms with Gasteiger partial charge in [-0.1, -0.05) is 11.6 Å². The molecule has 2 amide bonds. The Hall–Kier alpha value is -2.08. The van der Waals surface area contributed by atoms with E-state index < -0.39 is 11.9 Å². The summed E-state index contributed by atoms with van der Waals surface area (Å²) in [6.07, 6.45) is 3.86. The van der Waals surface area contributed by atoms with Crippen molar-refractivity contribution in [1.29, 1.82) is 0 Å². The highest BCUT2D eigenvalue weighted by Gasteiger charge is 2.34. The molecule has 23 heavy (non-hydrogen) atoms. The van der Waals surface area contributed by atoms with Crippen LogP contribution < -0.4 is 10.2 Å². The van der Waals surface area contributed by atoms with Crippen molar-refractivity contribution in [3.05, 3.63) is 40.9 Å². The van der Waals surface area contributed by atoms with Gasteiger partial charge in [0.05, 0.1) is 11.6 Å². The number of ether oxygens (including phenoxy) is 1. The molecule has 0 bridgehead atoms. The minimum Gasteiger partial charge on any atom is -0.488 e. The van der Waals surface area contributed by atoms with Gasteiger partial charge in [0.1, 0.15) is 11.9 Å². The summed E-state index contributed by atoms with van der Waals surface area (Å²) >= 11 is 5.65. The monoisotopic (exact) mass is 338 g/mol. The first-order valence-electron chi connectivity index (χ1n) is 7.46. The maximum atomic E-state index is 13.5. The number of anilines is 1. The van der Waals surface area contributed by atoms with Crippen LogP contribution in [0.4, 0.5) is 10.1 Å². The molecule has 2 aliphatic heterocycles. The number of nitrogens with one attached hydrogen (secondary N) is 1. The molecule has 0 aromatic heterocycles. The van der Waals surface area contributed by atoms with Crippen LogP contribution in [0.3, 0.4) is 0 Å². The molecule has 1 aromatic carbocycles. The molecule has 1 N–H and O–H groups in total. The molecule has 2 aliphatic rings. The number of hydrogen-bond acceptors (Lipinski definition) is 3. The topological polar surface area (TPSA) is 58.6 Å². The van der Waals surface area contributed by atoms with Gasteiger partial charge in [0.2, 0.25) is 5.91 Å². The van der Waals surface area contributed by atoms with Gasteiger partial charge in [-0.15, -0.1) is 0 Å². The minimum absolute atomic E-state index is 0.00614. The number of carbonyl (C=O) groups is 2. The maximum absolute atomic E-state index is 13.5. The van der Waals surface area contributed by atoms with Crippen LogP contribution in [0.1, 0.15) is 19.3 Å². The molecule has 0 radical (unpaired) electrons. The van der Waals surface area contributed by atoms with Crippen molar-refractivity contribution in [3.8, 4) is 0 Å². The SMILES string of the molecule is O=C(N[C@@H]1CCN(c2ccc(Cl)c(F)c2)C1=O)C1=CCCCO1. The Morgan fingerprint density at radius 3 is 2.96 bits per heavy atom. The first kappa shape index (κ1) is 15.8. The van der Waals surface area contributed by atoms with E-state index >= 15 is 0 Å². The lowest BCUT2D eigenvalue weighted by Gasteiger charge is -2.19. The van der Waals surface area contributed by atoms with Crippen molar-refractivity contribution in [3.63, 3.8) is 0 Å². The van der Waals surface area contributed by atoms with Gasteiger partial charge in [-0.05, 0) is 43.5 Å². The van der Waals surface area contributed by atoms with Gasteiger partial charge in [-0.3, -0.25) is 9.59 Å². The van der Waals surface area contributed by atoms with E-state index in [1.165, 1.54) is 17.0 Å². The molecule has 0 unspecified atom stereocenters. The number of rotatable bonds is 3. The van der Waals surface area contributed by atoms with Gasteiger partial charge >= 0.3 is 0 Å². The molecule has 0 aliphatic carbocycles. The van der Waals surface area contributed by atoms with Gasteiger partial charge in [0.15, 0.2) is 5.76 Å². The molecule has 5 nitrogen and oxygen atoms in total. The summed E-state index contributed by atoms with van der Waals surface area (Å²) in [5.74, 6) is -0.964. The Morgan fingerprint density at radius 2 is 2.26 bits per heavy atom. The number of allylic oxidation sites excluding steroid dienone is 1. The van der Waals surface area contributed by atoms with E-state index in [9.17, 15) is 14.0 Å². The summed E-state index contributed by atoms with van der Waals surface area (Å²) in [6.45, 7) is 0.915. The predicted octanol–water partition coefficient (Wildman–Crippen LogP) is 2.39. The average Bonchev–Trinajstić information content (AvgIpc) is 2.92. The standard InChI is InChI=1S/C16H16ClFN2O3/c17-11-5-4-10(9-12(11)18)20-7-6-13(16(20)22)19-15(21)14-3-1-2-8-23-14/h3-5,9,13H,1-2,6-8H2,(H,19,21)/t13-/m1/s1. The molecule has 3 rings (SSSR count). The quantitative estimate of drug-likeness (QED) is 0.920. The van der Waals surface area contributed by atoms with Gasteiger partial charge in [-0.2, -0.15) is 0 Å². The zero-order chi connectivity index (χ0) is 16.4. The lowest BCUT2D eigenvalue weighted by molar-refractivity contribution is -0.126. The van der Waals surface area contributed by atoms with Crippen LogP contribution in [0.5, 0.6) is 0 Å². The van der Waals surface area contributed by atoms with Crippen LogP contribution in [0.2, 0.25) is 5.02 Å². The molecular formula is C16H16ClFN2O3. The Kier molecular flexibility index (Phi) is 4.52. The Balaban J connectivity index is 1.67. The van der Waals surface area contributed by atoms with E-state index in [1.54, 1.807) is 12.1 Å². The van der Waals surface area contributed by atoms with Crippen molar-refractivity contribution in [2.75, 3.05) is 18.1 Å². The zero-order valence-electron chi connectivity index (χ0n) is 12.4. The van der Waals surface area contributed by atoms with Crippen molar-refractivity contribution < 1.29 is 18.7 Å². The van der Waals surface area contributed by atoms with Gasteiger partial charge < -0.3 is 15.0 Å². The van der Waals surface area contributed by atoms with Crippen LogP contribution in [0.25, 0.3) is 0 Å². The van der Waals surface area contributed by atoms with E-state index in [0.29, 0.717) is 25.3 Å². The lowest BCUT2D eigenvalue weighted by Crippen LogP contribution is -2.42. The summed E-state index contributed by atoms with van der Waals surface area (Å²) < 4.78 is 18.8. The van der Waals surface area contributed by atoms with Crippen LogP contribution in [-0.2, 0) is 14.3 Å². The highest BCUT2D eigenvalue weighted by molar-refractivity contribution is 6.30. The second-order valence-electron chi connectivity index (χ2n) is 5.46. The second kappa shape index (κ2) is 6.58. The van der Waals surface area contributed by atoms with Crippen LogP contribution in [-0.4, -0.2) is 31.0 Å². The minimum atomic E-state index is -0.632. The molecule has 2 heterocycles. The fourth-order valence-electron chi connectivity index (χ4n) is 2.67. The third-order valence-corrected chi connectivity index (χ3v) is 4.19. The normalized spacial score (nSPS) is 21.0. The maximum Gasteiger partial charge on any atom is 0.286 e. The van der Waals surface area contributed by atoms with Crippen LogP contribution in [0, 0.1) is 5.82 Å². The highest BCUT2D eigenvalue weighted by Crippen LogP contribution is 2.26. The summed E-state index contributed by atoms with van der Waals surface area (Å²) in [6, 6.07) is 3.58. The van der Waals surface area contributed by atoms with E-state index in [4.69, 9.17) is 16.3 Å². The summed E-state index contributed by atoms with van der Waals surface area (Å²) in [4.78, 5) is 25.9. The first-order chi connectivity index (χ1) is 11.1. The third-order valence-electron chi connectivity index (χ3n) is 3.89. The Bertz CT molecular complexity index is 677. The molecule has 122 valence electrons. The number of halogens is 2. The van der Waals surface area contributed by atoms with E-state index in [0.717, 1.165) is 12.8 Å². The summed E-state index contributed by atoms with van der Waals surface area (Å²) in [5.41, 5.74) is 0.432. The summed E-state index contributed by atoms with van der Waals surface area (Å²) in [7, 11) is 0.